The predicted molar refractivity (Wildman–Crippen MR) is 61.8 cm³/mol. The fourth-order valence-corrected chi connectivity index (χ4v) is 2.20. The first-order chi connectivity index (χ1) is 6.43. The topological polar surface area (TPSA) is 3.24 Å². The highest BCUT2D eigenvalue weighted by Gasteiger charge is 1.98. The van der Waals surface area contributed by atoms with E-state index in [-0.39, 0.29) is 0 Å². The minimum Gasteiger partial charge on any atom is -0.365 e. The molecular formula is C11H19NS. The van der Waals surface area contributed by atoms with Crippen LogP contribution in [0.4, 0.5) is 0 Å². The Hall–Kier alpha value is -0.370. The molecule has 74 valence electrons. The van der Waals surface area contributed by atoms with Gasteiger partial charge >= 0.3 is 0 Å². The lowest BCUT2D eigenvalue weighted by Crippen LogP contribution is -2.18. The van der Waals surface area contributed by atoms with Gasteiger partial charge in [0.15, 0.2) is 0 Å². The normalized spacial score (nSPS) is 15.3. The van der Waals surface area contributed by atoms with E-state index in [1.165, 1.54) is 25.0 Å². The third-order valence-electron chi connectivity index (χ3n) is 2.03. The smallest absolute Gasteiger partial charge is 0.0637 e. The van der Waals surface area contributed by atoms with Crippen molar-refractivity contribution in [3.63, 3.8) is 0 Å². The van der Waals surface area contributed by atoms with E-state index in [9.17, 15) is 0 Å². The average Bonchev–Trinajstić information content (AvgIpc) is 2.19. The van der Waals surface area contributed by atoms with E-state index in [2.05, 4.69) is 36.3 Å². The third kappa shape index (κ3) is 5.04. The summed E-state index contributed by atoms with van der Waals surface area (Å²) in [5, 5.41) is 0. The largest absolute Gasteiger partial charge is 0.365 e. The first kappa shape index (κ1) is 10.7. The van der Waals surface area contributed by atoms with E-state index in [1.54, 1.807) is 0 Å². The minimum atomic E-state index is 1.08. The van der Waals surface area contributed by atoms with Gasteiger partial charge in [-0.3, -0.25) is 0 Å². The van der Waals surface area contributed by atoms with Crippen molar-refractivity contribution in [3.05, 3.63) is 24.4 Å². The van der Waals surface area contributed by atoms with Crippen molar-refractivity contribution in [2.24, 2.45) is 0 Å². The molecule has 0 N–H and O–H groups in total. The Morgan fingerprint density at radius 3 is 2.92 bits per heavy atom. The molecule has 0 aliphatic carbocycles. The van der Waals surface area contributed by atoms with Crippen LogP contribution in [-0.2, 0) is 0 Å². The fourth-order valence-electron chi connectivity index (χ4n) is 1.24. The van der Waals surface area contributed by atoms with Crippen molar-refractivity contribution < 1.29 is 0 Å². The summed E-state index contributed by atoms with van der Waals surface area (Å²) in [5.41, 5.74) is 0. The van der Waals surface area contributed by atoms with E-state index in [0.29, 0.717) is 0 Å². The summed E-state index contributed by atoms with van der Waals surface area (Å²) in [6.45, 7) is 3.33. The Balaban J connectivity index is 1.93. The maximum atomic E-state index is 2.34. The van der Waals surface area contributed by atoms with Gasteiger partial charge in [-0.15, -0.1) is 11.8 Å². The number of rotatable bonds is 6. The fraction of sp³-hybridized carbons (Fsp3) is 0.636. The zero-order valence-electron chi connectivity index (χ0n) is 8.41. The highest BCUT2D eigenvalue weighted by Crippen LogP contribution is 2.10. The Kier molecular flexibility index (Phi) is 5.83. The zero-order valence-corrected chi connectivity index (χ0v) is 9.22. The van der Waals surface area contributed by atoms with Gasteiger partial charge < -0.3 is 4.90 Å². The molecule has 0 aromatic heterocycles. The molecule has 1 aliphatic heterocycles. The van der Waals surface area contributed by atoms with Gasteiger partial charge in [-0.05, 0) is 18.2 Å². The number of hydrogen-bond acceptors (Lipinski definition) is 2. The summed E-state index contributed by atoms with van der Waals surface area (Å²) in [5.74, 6) is 2.45. The summed E-state index contributed by atoms with van der Waals surface area (Å²) in [6, 6.07) is 0. The second-order valence-electron chi connectivity index (χ2n) is 3.29. The molecule has 0 saturated carbocycles. The Bertz CT molecular complexity index is 175. The zero-order chi connectivity index (χ0) is 9.36. The maximum Gasteiger partial charge on any atom is 0.0637 e. The summed E-state index contributed by atoms with van der Waals surface area (Å²) >= 11 is 2.04. The Morgan fingerprint density at radius 2 is 2.23 bits per heavy atom. The number of nitrogens with zero attached hydrogens (tertiary/aromatic N) is 1. The molecule has 0 atom stereocenters. The molecule has 0 bridgehead atoms. The molecule has 0 spiro atoms. The third-order valence-corrected chi connectivity index (χ3v) is 3.12. The van der Waals surface area contributed by atoms with Crippen LogP contribution in [0.1, 0.15) is 26.2 Å². The molecule has 0 amide bonds. The monoisotopic (exact) mass is 197 g/mol. The summed E-state index contributed by atoms with van der Waals surface area (Å²) in [6.07, 6.45) is 12.7. The molecule has 2 heteroatoms. The Morgan fingerprint density at radius 1 is 1.31 bits per heavy atom. The summed E-state index contributed by atoms with van der Waals surface area (Å²) in [7, 11) is 0. The van der Waals surface area contributed by atoms with Crippen LogP contribution in [0.15, 0.2) is 24.4 Å². The van der Waals surface area contributed by atoms with Crippen LogP contribution in [-0.4, -0.2) is 23.1 Å². The van der Waals surface area contributed by atoms with Gasteiger partial charge in [-0.2, -0.15) is 0 Å². The van der Waals surface area contributed by atoms with Gasteiger partial charge in [0.1, 0.15) is 0 Å². The highest BCUT2D eigenvalue weighted by atomic mass is 32.2. The molecule has 0 aromatic carbocycles. The SMILES string of the molecule is CCCCCSCN1C=CC=CC1. The van der Waals surface area contributed by atoms with Crippen LogP contribution in [0.5, 0.6) is 0 Å². The van der Waals surface area contributed by atoms with E-state index < -0.39 is 0 Å². The van der Waals surface area contributed by atoms with Gasteiger partial charge in [-0.25, -0.2) is 0 Å². The summed E-state index contributed by atoms with van der Waals surface area (Å²) in [4.78, 5) is 2.34. The molecule has 0 unspecified atom stereocenters. The van der Waals surface area contributed by atoms with Crippen molar-refractivity contribution in [2.45, 2.75) is 26.2 Å². The van der Waals surface area contributed by atoms with E-state index in [4.69, 9.17) is 0 Å². The van der Waals surface area contributed by atoms with Crippen LogP contribution in [0, 0.1) is 0 Å². The molecule has 1 heterocycles. The quantitative estimate of drug-likeness (QED) is 0.601. The molecular weight excluding hydrogens is 178 g/mol. The average molecular weight is 197 g/mol. The van der Waals surface area contributed by atoms with Crippen molar-refractivity contribution in [2.75, 3.05) is 18.2 Å². The highest BCUT2D eigenvalue weighted by molar-refractivity contribution is 7.99. The molecule has 0 fully saturated rings. The van der Waals surface area contributed by atoms with Crippen molar-refractivity contribution in [1.82, 2.24) is 4.90 Å². The lowest BCUT2D eigenvalue weighted by Gasteiger charge is -2.19. The lowest BCUT2D eigenvalue weighted by atomic mass is 10.3. The standard InChI is InChI=1S/C11H19NS/c1-2-3-7-10-13-11-12-8-5-4-6-9-12/h4-6,8H,2-3,7,9-11H2,1H3. The van der Waals surface area contributed by atoms with Gasteiger partial charge in [0.2, 0.25) is 0 Å². The van der Waals surface area contributed by atoms with Crippen LogP contribution in [0.25, 0.3) is 0 Å². The molecule has 0 aromatic rings. The summed E-state index contributed by atoms with van der Waals surface area (Å²) < 4.78 is 0. The van der Waals surface area contributed by atoms with Crippen molar-refractivity contribution in [3.8, 4) is 0 Å². The van der Waals surface area contributed by atoms with Gasteiger partial charge in [0.05, 0.1) is 5.88 Å². The molecule has 0 radical (unpaired) electrons. The first-order valence-corrected chi connectivity index (χ1v) is 6.24. The second kappa shape index (κ2) is 7.07. The predicted octanol–water partition coefficient (Wildman–Crippen LogP) is 3.25. The molecule has 1 rings (SSSR count). The van der Waals surface area contributed by atoms with Crippen LogP contribution >= 0.6 is 11.8 Å². The first-order valence-electron chi connectivity index (χ1n) is 5.08. The number of hydrogen-bond donors (Lipinski definition) is 0. The molecule has 13 heavy (non-hydrogen) atoms. The molecule has 0 saturated heterocycles. The number of thioether (sulfide) groups is 1. The maximum absolute atomic E-state index is 2.34. The van der Waals surface area contributed by atoms with Gasteiger partial charge in [0.25, 0.3) is 0 Å². The minimum absolute atomic E-state index is 1.08. The van der Waals surface area contributed by atoms with Gasteiger partial charge in [-0.1, -0.05) is 31.9 Å². The van der Waals surface area contributed by atoms with Crippen molar-refractivity contribution >= 4 is 11.8 Å². The van der Waals surface area contributed by atoms with Gasteiger partial charge in [0, 0.05) is 12.7 Å². The lowest BCUT2D eigenvalue weighted by molar-refractivity contribution is 0.485. The van der Waals surface area contributed by atoms with E-state index in [1.807, 2.05) is 11.8 Å². The number of unbranched alkanes of at least 4 members (excludes halogenated alkanes) is 2. The van der Waals surface area contributed by atoms with Crippen LogP contribution < -0.4 is 0 Å². The van der Waals surface area contributed by atoms with Crippen molar-refractivity contribution in [1.29, 1.82) is 0 Å². The second-order valence-corrected chi connectivity index (χ2v) is 4.36. The van der Waals surface area contributed by atoms with Crippen LogP contribution in [0.2, 0.25) is 0 Å². The number of allylic oxidation sites excluding steroid dienone is 2. The molecule has 1 nitrogen and oxygen atoms in total. The molecule has 1 aliphatic rings. The van der Waals surface area contributed by atoms with E-state index in [0.717, 1.165) is 12.4 Å². The van der Waals surface area contributed by atoms with E-state index >= 15 is 0 Å². The van der Waals surface area contributed by atoms with Crippen LogP contribution in [0.3, 0.4) is 0 Å². The Labute approximate surface area is 85.9 Å².